The van der Waals surface area contributed by atoms with Crippen molar-refractivity contribution in [2.24, 2.45) is 0 Å². The van der Waals surface area contributed by atoms with Gasteiger partial charge in [-0.3, -0.25) is 9.78 Å². The van der Waals surface area contributed by atoms with Crippen molar-refractivity contribution in [1.29, 1.82) is 0 Å². The van der Waals surface area contributed by atoms with Crippen LogP contribution in [0.3, 0.4) is 0 Å². The molecule has 4 nitrogen and oxygen atoms in total. The molecule has 0 bridgehead atoms. The van der Waals surface area contributed by atoms with Gasteiger partial charge in [-0.2, -0.15) is 0 Å². The van der Waals surface area contributed by atoms with E-state index in [1.807, 2.05) is 24.3 Å². The Balaban J connectivity index is 1.43. The summed E-state index contributed by atoms with van der Waals surface area (Å²) < 4.78 is 31.9. The van der Waals surface area contributed by atoms with Crippen LogP contribution >= 0.6 is 0 Å². The van der Waals surface area contributed by atoms with E-state index < -0.39 is 11.6 Å². The van der Waals surface area contributed by atoms with Gasteiger partial charge in [0.05, 0.1) is 0 Å². The van der Waals surface area contributed by atoms with Crippen LogP contribution in [0.2, 0.25) is 0 Å². The van der Waals surface area contributed by atoms with E-state index in [0.29, 0.717) is 36.4 Å². The van der Waals surface area contributed by atoms with Crippen LogP contribution in [0.15, 0.2) is 67.0 Å². The maximum absolute atomic E-state index is 13.2. The Hall–Kier alpha value is -3.28. The van der Waals surface area contributed by atoms with Crippen molar-refractivity contribution < 1.29 is 18.3 Å². The summed E-state index contributed by atoms with van der Waals surface area (Å²) in [5.41, 5.74) is 1.63. The Bertz CT molecular complexity index is 933. The molecular weight excluding hydrogens is 362 g/mol. The van der Waals surface area contributed by atoms with E-state index in [1.165, 1.54) is 6.07 Å². The molecule has 0 radical (unpaired) electrons. The van der Waals surface area contributed by atoms with Crippen LogP contribution in [0.4, 0.5) is 8.78 Å². The first kappa shape index (κ1) is 19.5. The molecule has 6 heteroatoms. The number of aryl methyl sites for hydroxylation is 1. The monoisotopic (exact) mass is 382 g/mol. The molecule has 0 fully saturated rings. The summed E-state index contributed by atoms with van der Waals surface area (Å²) in [6.45, 7) is 0.481. The maximum Gasteiger partial charge on any atom is 0.220 e. The van der Waals surface area contributed by atoms with E-state index in [9.17, 15) is 13.6 Å². The first-order valence-electron chi connectivity index (χ1n) is 8.97. The summed E-state index contributed by atoms with van der Waals surface area (Å²) in [6.07, 6.45) is 4.56. The topological polar surface area (TPSA) is 51.2 Å². The minimum Gasteiger partial charge on any atom is -0.457 e. The number of benzene rings is 2. The predicted molar refractivity (Wildman–Crippen MR) is 102 cm³/mol. The van der Waals surface area contributed by atoms with Gasteiger partial charge in [0.25, 0.3) is 0 Å². The van der Waals surface area contributed by atoms with Gasteiger partial charge in [-0.15, -0.1) is 0 Å². The molecule has 2 aromatic carbocycles. The van der Waals surface area contributed by atoms with E-state index >= 15 is 0 Å². The van der Waals surface area contributed by atoms with Gasteiger partial charge < -0.3 is 10.1 Å². The van der Waals surface area contributed by atoms with Gasteiger partial charge in [0.15, 0.2) is 11.6 Å². The molecule has 144 valence electrons. The number of ether oxygens (including phenoxy) is 1. The minimum absolute atomic E-state index is 0.131. The second-order valence-corrected chi connectivity index (χ2v) is 6.28. The number of carbonyl (C=O) groups excluding carboxylic acids is 1. The van der Waals surface area contributed by atoms with E-state index in [2.05, 4.69) is 10.3 Å². The van der Waals surface area contributed by atoms with Crippen LogP contribution in [-0.2, 0) is 17.6 Å². The summed E-state index contributed by atoms with van der Waals surface area (Å²) in [5.74, 6) is -0.491. The molecule has 0 spiro atoms. The summed E-state index contributed by atoms with van der Waals surface area (Å²) in [7, 11) is 0. The fourth-order valence-electron chi connectivity index (χ4n) is 2.69. The Kier molecular flexibility index (Phi) is 6.68. The Morgan fingerprint density at radius 1 is 0.893 bits per heavy atom. The van der Waals surface area contributed by atoms with Crippen molar-refractivity contribution in [1.82, 2.24) is 10.3 Å². The number of nitrogens with one attached hydrogen (secondary N) is 1. The minimum atomic E-state index is -0.897. The Morgan fingerprint density at radius 3 is 2.46 bits per heavy atom. The van der Waals surface area contributed by atoms with Gasteiger partial charge in [0.2, 0.25) is 5.91 Å². The number of hydrogen-bond acceptors (Lipinski definition) is 3. The second kappa shape index (κ2) is 9.60. The number of nitrogens with zero attached hydrogens (tertiary/aromatic N) is 1. The molecule has 0 aliphatic heterocycles. The van der Waals surface area contributed by atoms with Crippen molar-refractivity contribution in [3.8, 4) is 11.5 Å². The van der Waals surface area contributed by atoms with Crippen LogP contribution in [0, 0.1) is 11.6 Å². The molecular formula is C22H20F2N2O2. The first-order chi connectivity index (χ1) is 13.6. The highest BCUT2D eigenvalue weighted by molar-refractivity contribution is 5.76. The SMILES string of the molecule is O=C(CCc1ccc(F)c(F)c1)NCCc1cccc(Oc2ccncc2)c1. The van der Waals surface area contributed by atoms with Crippen molar-refractivity contribution in [3.63, 3.8) is 0 Å². The molecule has 0 saturated heterocycles. The fraction of sp³-hybridized carbons (Fsp3) is 0.182. The molecule has 28 heavy (non-hydrogen) atoms. The summed E-state index contributed by atoms with van der Waals surface area (Å²) in [6, 6.07) is 14.9. The number of carbonyl (C=O) groups is 1. The Labute approximate surface area is 162 Å². The molecule has 0 atom stereocenters. The van der Waals surface area contributed by atoms with E-state index in [-0.39, 0.29) is 12.3 Å². The third-order valence-electron chi connectivity index (χ3n) is 4.14. The van der Waals surface area contributed by atoms with Gasteiger partial charge >= 0.3 is 0 Å². The van der Waals surface area contributed by atoms with Crippen molar-refractivity contribution >= 4 is 5.91 Å². The Morgan fingerprint density at radius 2 is 1.68 bits per heavy atom. The predicted octanol–water partition coefficient (Wildman–Crippen LogP) is 4.44. The third kappa shape index (κ3) is 5.87. The molecule has 0 saturated carbocycles. The van der Waals surface area contributed by atoms with Gasteiger partial charge in [-0.25, -0.2) is 8.78 Å². The lowest BCUT2D eigenvalue weighted by molar-refractivity contribution is -0.121. The molecule has 3 rings (SSSR count). The molecule has 1 amide bonds. The van der Waals surface area contributed by atoms with Crippen LogP contribution in [0.5, 0.6) is 11.5 Å². The lowest BCUT2D eigenvalue weighted by Crippen LogP contribution is -2.25. The number of aromatic nitrogens is 1. The van der Waals surface area contributed by atoms with Crippen molar-refractivity contribution in [2.45, 2.75) is 19.3 Å². The quantitative estimate of drug-likeness (QED) is 0.627. The summed E-state index contributed by atoms with van der Waals surface area (Å²) >= 11 is 0. The number of rotatable bonds is 8. The largest absolute Gasteiger partial charge is 0.457 e. The lowest BCUT2D eigenvalue weighted by atomic mass is 10.1. The van der Waals surface area contributed by atoms with Crippen LogP contribution in [0.25, 0.3) is 0 Å². The van der Waals surface area contributed by atoms with Gasteiger partial charge in [0.1, 0.15) is 11.5 Å². The van der Waals surface area contributed by atoms with Gasteiger partial charge in [-0.1, -0.05) is 18.2 Å². The van der Waals surface area contributed by atoms with Crippen LogP contribution < -0.4 is 10.1 Å². The highest BCUT2D eigenvalue weighted by Crippen LogP contribution is 2.21. The molecule has 0 unspecified atom stereocenters. The van der Waals surface area contributed by atoms with E-state index in [1.54, 1.807) is 24.5 Å². The zero-order chi connectivity index (χ0) is 19.8. The third-order valence-corrected chi connectivity index (χ3v) is 4.14. The summed E-state index contributed by atoms with van der Waals surface area (Å²) in [5, 5.41) is 2.84. The highest BCUT2D eigenvalue weighted by Gasteiger charge is 2.06. The average Bonchev–Trinajstić information content (AvgIpc) is 2.70. The summed E-state index contributed by atoms with van der Waals surface area (Å²) in [4.78, 5) is 15.9. The molecule has 0 aliphatic rings. The molecule has 0 aliphatic carbocycles. The molecule has 1 aromatic heterocycles. The van der Waals surface area contributed by atoms with Gasteiger partial charge in [0, 0.05) is 25.4 Å². The van der Waals surface area contributed by atoms with Crippen molar-refractivity contribution in [2.75, 3.05) is 6.54 Å². The van der Waals surface area contributed by atoms with E-state index in [0.717, 1.165) is 17.7 Å². The standard InChI is InChI=1S/C22H20F2N2O2/c23-20-6-4-17(15-21(20)24)5-7-22(27)26-13-8-16-2-1-3-19(14-16)28-18-9-11-25-12-10-18/h1-4,6,9-12,14-15H,5,7-8,13H2,(H,26,27). The zero-order valence-electron chi connectivity index (χ0n) is 15.2. The lowest BCUT2D eigenvalue weighted by Gasteiger charge is -2.09. The van der Waals surface area contributed by atoms with Crippen LogP contribution in [0.1, 0.15) is 17.5 Å². The smallest absolute Gasteiger partial charge is 0.220 e. The molecule has 3 aromatic rings. The number of hydrogen-bond donors (Lipinski definition) is 1. The molecule has 1 heterocycles. The van der Waals surface area contributed by atoms with E-state index in [4.69, 9.17) is 4.74 Å². The highest BCUT2D eigenvalue weighted by atomic mass is 19.2. The van der Waals surface area contributed by atoms with Gasteiger partial charge in [-0.05, 0) is 60.4 Å². The second-order valence-electron chi connectivity index (χ2n) is 6.28. The maximum atomic E-state index is 13.2. The fourth-order valence-corrected chi connectivity index (χ4v) is 2.69. The van der Waals surface area contributed by atoms with Crippen molar-refractivity contribution in [3.05, 3.63) is 89.8 Å². The zero-order valence-corrected chi connectivity index (χ0v) is 15.2. The normalized spacial score (nSPS) is 10.5. The number of halogens is 2. The molecule has 1 N–H and O–H groups in total. The number of amides is 1. The first-order valence-corrected chi connectivity index (χ1v) is 8.97. The van der Waals surface area contributed by atoms with Crippen LogP contribution in [-0.4, -0.2) is 17.4 Å². The average molecular weight is 382 g/mol. The number of pyridine rings is 1.